The second kappa shape index (κ2) is 6.46. The molecule has 1 saturated carbocycles. The quantitative estimate of drug-likeness (QED) is 0.841. The number of hydrogen-bond donors (Lipinski definition) is 0. The molecule has 0 aromatic carbocycles. The van der Waals surface area contributed by atoms with Crippen molar-refractivity contribution >= 4 is 11.8 Å². The molecule has 2 saturated heterocycles. The summed E-state index contributed by atoms with van der Waals surface area (Å²) in [7, 11) is 0. The molecular formula is C19H28N4O2. The van der Waals surface area contributed by atoms with Gasteiger partial charge in [-0.05, 0) is 51.0 Å². The van der Waals surface area contributed by atoms with Crippen LogP contribution >= 0.6 is 0 Å². The maximum Gasteiger partial charge on any atom is 0.274 e. The third kappa shape index (κ3) is 2.96. The molecule has 0 N–H and O–H groups in total. The van der Waals surface area contributed by atoms with Gasteiger partial charge in [-0.25, -0.2) is 0 Å². The summed E-state index contributed by atoms with van der Waals surface area (Å²) in [5.41, 5.74) is 0.152. The average Bonchev–Trinajstić information content (AvgIpc) is 3.22. The molecule has 2 amide bonds. The number of aromatic nitrogens is 2. The lowest BCUT2D eigenvalue weighted by molar-refractivity contribution is -0.146. The van der Waals surface area contributed by atoms with E-state index in [0.29, 0.717) is 30.6 Å². The minimum absolute atomic E-state index is 0.0343. The van der Waals surface area contributed by atoms with Crippen molar-refractivity contribution in [2.75, 3.05) is 26.2 Å². The van der Waals surface area contributed by atoms with Gasteiger partial charge in [0.05, 0.1) is 5.41 Å². The second-order valence-corrected chi connectivity index (χ2v) is 7.97. The van der Waals surface area contributed by atoms with Gasteiger partial charge in [0.1, 0.15) is 5.69 Å². The summed E-state index contributed by atoms with van der Waals surface area (Å²) in [6, 6.07) is 1.78. The third-order valence-electron chi connectivity index (χ3n) is 6.35. The summed E-state index contributed by atoms with van der Waals surface area (Å²) < 4.78 is 1.77. The monoisotopic (exact) mass is 344 g/mol. The highest BCUT2D eigenvalue weighted by atomic mass is 16.2. The second-order valence-electron chi connectivity index (χ2n) is 7.97. The van der Waals surface area contributed by atoms with Gasteiger partial charge in [0.15, 0.2) is 0 Å². The van der Waals surface area contributed by atoms with E-state index < -0.39 is 0 Å². The van der Waals surface area contributed by atoms with Crippen LogP contribution < -0.4 is 0 Å². The van der Waals surface area contributed by atoms with Gasteiger partial charge in [-0.1, -0.05) is 6.42 Å². The fraction of sp³-hybridized carbons (Fsp3) is 0.737. The Labute approximate surface area is 149 Å². The van der Waals surface area contributed by atoms with Crippen molar-refractivity contribution in [1.29, 1.82) is 0 Å². The van der Waals surface area contributed by atoms with E-state index in [0.717, 1.165) is 38.9 Å². The van der Waals surface area contributed by atoms with Crippen LogP contribution in [-0.4, -0.2) is 57.6 Å². The SMILES string of the molecule is CCn1ccc(C(=O)N2CC[C@@]3(CCCN(CC4CCC4)C3=O)C2)n1. The summed E-state index contributed by atoms with van der Waals surface area (Å²) in [6.07, 6.45) is 8.46. The first kappa shape index (κ1) is 16.6. The standard InChI is InChI=1S/C19H28N4O2/c1-2-23-11-7-16(20-23)17(24)22-12-9-19(14-22)8-4-10-21(18(19)25)13-15-5-3-6-15/h7,11,15H,2-6,8-10,12-14H2,1H3/t19-/m0/s1. The van der Waals surface area contributed by atoms with Gasteiger partial charge in [-0.3, -0.25) is 14.3 Å². The third-order valence-corrected chi connectivity index (χ3v) is 6.35. The predicted molar refractivity (Wildman–Crippen MR) is 94.0 cm³/mol. The van der Waals surface area contributed by atoms with Gasteiger partial charge in [-0.2, -0.15) is 5.10 Å². The number of piperidine rings is 1. The number of aryl methyl sites for hydroxylation is 1. The van der Waals surface area contributed by atoms with E-state index in [4.69, 9.17) is 0 Å². The first-order valence-electron chi connectivity index (χ1n) is 9.73. The lowest BCUT2D eigenvalue weighted by Gasteiger charge is -2.42. The number of likely N-dealkylation sites (tertiary alicyclic amines) is 2. The van der Waals surface area contributed by atoms with Crippen molar-refractivity contribution < 1.29 is 9.59 Å². The lowest BCUT2D eigenvalue weighted by Crippen LogP contribution is -2.52. The van der Waals surface area contributed by atoms with Gasteiger partial charge in [0.25, 0.3) is 5.91 Å². The minimum atomic E-state index is -0.342. The van der Waals surface area contributed by atoms with Crippen LogP contribution in [0.2, 0.25) is 0 Å². The van der Waals surface area contributed by atoms with Crippen molar-refractivity contribution in [2.24, 2.45) is 11.3 Å². The summed E-state index contributed by atoms with van der Waals surface area (Å²) in [5.74, 6) is 0.962. The Morgan fingerprint density at radius 3 is 2.80 bits per heavy atom. The van der Waals surface area contributed by atoms with Crippen molar-refractivity contribution in [3.63, 3.8) is 0 Å². The zero-order valence-corrected chi connectivity index (χ0v) is 15.1. The number of hydrogen-bond acceptors (Lipinski definition) is 3. The first-order chi connectivity index (χ1) is 12.1. The van der Waals surface area contributed by atoms with Gasteiger partial charge in [0, 0.05) is 38.9 Å². The number of rotatable bonds is 4. The van der Waals surface area contributed by atoms with Crippen LogP contribution in [-0.2, 0) is 11.3 Å². The Morgan fingerprint density at radius 1 is 1.28 bits per heavy atom. The molecule has 0 unspecified atom stereocenters. The van der Waals surface area contributed by atoms with E-state index in [1.54, 1.807) is 10.7 Å². The highest BCUT2D eigenvalue weighted by Gasteiger charge is 2.49. The Bertz CT molecular complexity index is 666. The molecule has 25 heavy (non-hydrogen) atoms. The van der Waals surface area contributed by atoms with Gasteiger partial charge in [0.2, 0.25) is 5.91 Å². The summed E-state index contributed by atoms with van der Waals surface area (Å²) in [6.45, 7) is 5.81. The van der Waals surface area contributed by atoms with E-state index >= 15 is 0 Å². The molecule has 1 spiro atoms. The van der Waals surface area contributed by atoms with E-state index in [2.05, 4.69) is 10.00 Å². The fourth-order valence-electron chi connectivity index (χ4n) is 4.55. The molecule has 3 heterocycles. The average molecular weight is 344 g/mol. The van der Waals surface area contributed by atoms with Crippen LogP contribution in [0, 0.1) is 11.3 Å². The van der Waals surface area contributed by atoms with E-state index in [1.165, 1.54) is 19.3 Å². The van der Waals surface area contributed by atoms with Crippen LogP contribution in [0.1, 0.15) is 55.9 Å². The molecular weight excluding hydrogens is 316 g/mol. The topological polar surface area (TPSA) is 58.4 Å². The molecule has 3 aliphatic rings. The van der Waals surface area contributed by atoms with Crippen LogP contribution in [0.3, 0.4) is 0 Å². The number of carbonyl (C=O) groups is 2. The highest BCUT2D eigenvalue weighted by molar-refractivity contribution is 5.93. The molecule has 6 nitrogen and oxygen atoms in total. The summed E-state index contributed by atoms with van der Waals surface area (Å²) >= 11 is 0. The Morgan fingerprint density at radius 2 is 2.12 bits per heavy atom. The number of nitrogens with zero attached hydrogens (tertiary/aromatic N) is 4. The highest BCUT2D eigenvalue weighted by Crippen LogP contribution is 2.41. The normalized spacial score (nSPS) is 27.2. The molecule has 1 aromatic heterocycles. The van der Waals surface area contributed by atoms with Crippen LogP contribution in [0.15, 0.2) is 12.3 Å². The maximum absolute atomic E-state index is 13.1. The zero-order valence-electron chi connectivity index (χ0n) is 15.1. The summed E-state index contributed by atoms with van der Waals surface area (Å²) in [5, 5.41) is 4.33. The Balaban J connectivity index is 1.44. The van der Waals surface area contributed by atoms with E-state index in [1.807, 2.05) is 18.0 Å². The molecule has 1 aromatic rings. The van der Waals surface area contributed by atoms with Gasteiger partial charge in [-0.15, -0.1) is 0 Å². The molecule has 4 rings (SSSR count). The van der Waals surface area contributed by atoms with Crippen molar-refractivity contribution in [2.45, 2.75) is 52.0 Å². The van der Waals surface area contributed by atoms with Crippen LogP contribution in [0.25, 0.3) is 0 Å². The molecule has 136 valence electrons. The molecule has 0 radical (unpaired) electrons. The molecule has 0 bridgehead atoms. The van der Waals surface area contributed by atoms with Gasteiger partial charge < -0.3 is 9.80 Å². The van der Waals surface area contributed by atoms with Crippen molar-refractivity contribution in [1.82, 2.24) is 19.6 Å². The zero-order chi connectivity index (χ0) is 17.4. The number of carbonyl (C=O) groups excluding carboxylic acids is 2. The summed E-state index contributed by atoms with van der Waals surface area (Å²) in [4.78, 5) is 29.8. The predicted octanol–water partition coefficient (Wildman–Crippen LogP) is 2.16. The Kier molecular flexibility index (Phi) is 4.29. The largest absolute Gasteiger partial charge is 0.342 e. The number of amides is 2. The molecule has 1 atom stereocenters. The Hall–Kier alpha value is -1.85. The van der Waals surface area contributed by atoms with Gasteiger partial charge >= 0.3 is 0 Å². The fourth-order valence-corrected chi connectivity index (χ4v) is 4.55. The smallest absolute Gasteiger partial charge is 0.274 e. The molecule has 1 aliphatic carbocycles. The molecule has 6 heteroatoms. The minimum Gasteiger partial charge on any atom is -0.342 e. The van der Waals surface area contributed by atoms with Crippen LogP contribution in [0.4, 0.5) is 0 Å². The van der Waals surface area contributed by atoms with E-state index in [9.17, 15) is 9.59 Å². The lowest BCUT2D eigenvalue weighted by atomic mass is 9.77. The van der Waals surface area contributed by atoms with E-state index in [-0.39, 0.29) is 11.3 Å². The maximum atomic E-state index is 13.1. The van der Waals surface area contributed by atoms with Crippen molar-refractivity contribution in [3.05, 3.63) is 18.0 Å². The van der Waals surface area contributed by atoms with Crippen LogP contribution in [0.5, 0.6) is 0 Å². The molecule has 3 fully saturated rings. The van der Waals surface area contributed by atoms with Crippen molar-refractivity contribution in [3.8, 4) is 0 Å². The first-order valence-corrected chi connectivity index (χ1v) is 9.73. The molecule has 2 aliphatic heterocycles.